The van der Waals surface area contributed by atoms with E-state index in [0.29, 0.717) is 28.7 Å². The summed E-state index contributed by atoms with van der Waals surface area (Å²) in [7, 11) is 0. The molecular formula is C24H32O6. The van der Waals surface area contributed by atoms with Crippen LogP contribution in [0.1, 0.15) is 52.7 Å². The van der Waals surface area contributed by atoms with Gasteiger partial charge in [0.25, 0.3) is 0 Å². The van der Waals surface area contributed by atoms with Crippen molar-refractivity contribution in [2.45, 2.75) is 54.4 Å². The Balaban J connectivity index is 2.45. The maximum absolute atomic E-state index is 12.2. The summed E-state index contributed by atoms with van der Waals surface area (Å²) in [5, 5.41) is 1.36. The highest BCUT2D eigenvalue weighted by molar-refractivity contribution is 5.97. The van der Waals surface area contributed by atoms with Gasteiger partial charge >= 0.3 is 12.3 Å². The fraction of sp³-hybridized carbons (Fsp3) is 0.500. The van der Waals surface area contributed by atoms with Crippen LogP contribution in [0.5, 0.6) is 11.5 Å². The molecule has 0 N–H and O–H groups in total. The summed E-state index contributed by atoms with van der Waals surface area (Å²) in [6, 6.07) is 7.51. The Morgan fingerprint density at radius 3 is 1.93 bits per heavy atom. The molecule has 0 fully saturated rings. The summed E-state index contributed by atoms with van der Waals surface area (Å²) >= 11 is 0. The van der Waals surface area contributed by atoms with Crippen LogP contribution < -0.4 is 9.47 Å². The first kappa shape index (κ1) is 23.5. The van der Waals surface area contributed by atoms with E-state index >= 15 is 0 Å². The van der Waals surface area contributed by atoms with Crippen LogP contribution in [0, 0.1) is 11.8 Å². The van der Waals surface area contributed by atoms with Crippen LogP contribution in [0.2, 0.25) is 0 Å². The molecule has 2 aromatic carbocycles. The molecule has 164 valence electrons. The van der Waals surface area contributed by atoms with E-state index in [1.807, 2.05) is 59.7 Å². The Morgan fingerprint density at radius 1 is 0.800 bits per heavy atom. The first-order valence-corrected chi connectivity index (χ1v) is 10.5. The average Bonchev–Trinajstić information content (AvgIpc) is 2.71. The quantitative estimate of drug-likeness (QED) is 0.371. The van der Waals surface area contributed by atoms with E-state index in [-0.39, 0.29) is 25.0 Å². The van der Waals surface area contributed by atoms with E-state index in [1.54, 1.807) is 6.07 Å². The number of ether oxygens (including phenoxy) is 4. The van der Waals surface area contributed by atoms with Gasteiger partial charge in [-0.3, -0.25) is 0 Å². The summed E-state index contributed by atoms with van der Waals surface area (Å²) < 4.78 is 21.5. The molecule has 0 bridgehead atoms. The molecule has 6 heteroatoms. The lowest BCUT2D eigenvalue weighted by atomic mass is 9.99. The molecule has 0 aliphatic heterocycles. The molecule has 0 aromatic heterocycles. The van der Waals surface area contributed by atoms with Crippen LogP contribution in [0.3, 0.4) is 0 Å². The molecule has 0 atom stereocenters. The Morgan fingerprint density at radius 2 is 1.40 bits per heavy atom. The van der Waals surface area contributed by atoms with Gasteiger partial charge < -0.3 is 18.9 Å². The predicted octanol–water partition coefficient (Wildman–Crippen LogP) is 6.31. The van der Waals surface area contributed by atoms with Gasteiger partial charge in [0.1, 0.15) is 11.5 Å². The van der Waals surface area contributed by atoms with Crippen LogP contribution in [0.15, 0.2) is 24.3 Å². The zero-order valence-corrected chi connectivity index (χ0v) is 18.7. The molecule has 2 rings (SSSR count). The Kier molecular flexibility index (Phi) is 8.51. The number of aryl methyl sites for hydroxylation is 2. The molecule has 0 saturated carbocycles. The van der Waals surface area contributed by atoms with Gasteiger partial charge in [-0.15, -0.1) is 0 Å². The van der Waals surface area contributed by atoms with Crippen LogP contribution in [-0.4, -0.2) is 25.5 Å². The second kappa shape index (κ2) is 10.9. The summed E-state index contributed by atoms with van der Waals surface area (Å²) in [5.41, 5.74) is 1.81. The number of hydrogen-bond donors (Lipinski definition) is 0. The van der Waals surface area contributed by atoms with Crippen LogP contribution in [0.25, 0.3) is 10.8 Å². The summed E-state index contributed by atoms with van der Waals surface area (Å²) in [5.74, 6) is 1.22. The third kappa shape index (κ3) is 6.37. The number of carbonyl (C=O) groups excluding carboxylic acids is 2. The van der Waals surface area contributed by atoms with Gasteiger partial charge in [0.2, 0.25) is 0 Å². The lowest BCUT2D eigenvalue weighted by Gasteiger charge is -2.17. The molecule has 0 unspecified atom stereocenters. The summed E-state index contributed by atoms with van der Waals surface area (Å²) in [6.45, 7) is 12.4. The smallest absolute Gasteiger partial charge is 0.434 e. The van der Waals surface area contributed by atoms with Crippen molar-refractivity contribution in [3.8, 4) is 11.5 Å². The first-order valence-electron chi connectivity index (χ1n) is 10.5. The summed E-state index contributed by atoms with van der Waals surface area (Å²) in [6.07, 6.45) is -0.103. The van der Waals surface area contributed by atoms with E-state index in [1.165, 1.54) is 0 Å². The number of hydrogen-bond acceptors (Lipinski definition) is 6. The Hall–Kier alpha value is -2.76. The number of benzene rings is 2. The van der Waals surface area contributed by atoms with E-state index in [9.17, 15) is 9.59 Å². The highest BCUT2D eigenvalue weighted by Gasteiger charge is 2.20. The van der Waals surface area contributed by atoms with Gasteiger partial charge in [-0.25, -0.2) is 9.59 Å². The molecule has 0 saturated heterocycles. The normalized spacial score (nSPS) is 11.1. The van der Waals surface area contributed by atoms with Gasteiger partial charge in [-0.2, -0.15) is 0 Å². The highest BCUT2D eigenvalue weighted by atomic mass is 16.7. The topological polar surface area (TPSA) is 71.1 Å². The highest BCUT2D eigenvalue weighted by Crippen LogP contribution is 2.38. The van der Waals surface area contributed by atoms with Crippen LogP contribution in [-0.2, 0) is 22.3 Å². The van der Waals surface area contributed by atoms with Gasteiger partial charge in [0.15, 0.2) is 0 Å². The van der Waals surface area contributed by atoms with Crippen molar-refractivity contribution in [1.82, 2.24) is 0 Å². The molecule has 30 heavy (non-hydrogen) atoms. The fourth-order valence-electron chi connectivity index (χ4n) is 2.86. The van der Waals surface area contributed by atoms with Crippen molar-refractivity contribution >= 4 is 23.1 Å². The molecule has 0 spiro atoms. The zero-order chi connectivity index (χ0) is 22.3. The van der Waals surface area contributed by atoms with Crippen molar-refractivity contribution in [1.29, 1.82) is 0 Å². The molecule has 2 aromatic rings. The zero-order valence-electron chi connectivity index (χ0n) is 18.7. The standard InChI is InChI=1S/C24H32O6/c1-7-17-9-10-19-20(11-17)21(29-23(25)27-13-15(3)4)12-18(8-2)22(19)30-24(26)28-14-16(5)6/h9-12,15-16H,7-8,13-14H2,1-6H3. The summed E-state index contributed by atoms with van der Waals surface area (Å²) in [4.78, 5) is 24.4. The van der Waals surface area contributed by atoms with Crippen LogP contribution >= 0.6 is 0 Å². The number of fused-ring (bicyclic) bond motifs is 1. The van der Waals surface area contributed by atoms with Crippen molar-refractivity contribution in [2.75, 3.05) is 13.2 Å². The molecule has 6 nitrogen and oxygen atoms in total. The largest absolute Gasteiger partial charge is 0.513 e. The fourth-order valence-corrected chi connectivity index (χ4v) is 2.86. The SMILES string of the molecule is CCc1ccc2c(OC(=O)OCC(C)C)c(CC)cc(OC(=O)OCC(C)C)c2c1. The third-order valence-electron chi connectivity index (χ3n) is 4.43. The molecule has 0 heterocycles. The Labute approximate surface area is 178 Å². The maximum Gasteiger partial charge on any atom is 0.513 e. The minimum atomic E-state index is -0.751. The van der Waals surface area contributed by atoms with Crippen LogP contribution in [0.4, 0.5) is 9.59 Å². The maximum atomic E-state index is 12.2. The molecule has 0 radical (unpaired) electrons. The lowest BCUT2D eigenvalue weighted by Crippen LogP contribution is -2.16. The third-order valence-corrected chi connectivity index (χ3v) is 4.43. The number of rotatable bonds is 8. The number of carbonyl (C=O) groups is 2. The van der Waals surface area contributed by atoms with Gasteiger partial charge in [-0.1, -0.05) is 53.7 Å². The predicted molar refractivity (Wildman–Crippen MR) is 116 cm³/mol. The molecule has 0 amide bonds. The van der Waals surface area contributed by atoms with Crippen molar-refractivity contribution < 1.29 is 28.5 Å². The molecule has 0 aliphatic carbocycles. The lowest BCUT2D eigenvalue weighted by molar-refractivity contribution is 0.0870. The second-order valence-electron chi connectivity index (χ2n) is 8.06. The van der Waals surface area contributed by atoms with Crippen molar-refractivity contribution in [2.24, 2.45) is 11.8 Å². The van der Waals surface area contributed by atoms with Crippen molar-refractivity contribution in [3.05, 3.63) is 35.4 Å². The second-order valence-corrected chi connectivity index (χ2v) is 8.06. The van der Waals surface area contributed by atoms with Crippen molar-refractivity contribution in [3.63, 3.8) is 0 Å². The van der Waals surface area contributed by atoms with E-state index in [4.69, 9.17) is 18.9 Å². The minimum absolute atomic E-state index is 0.208. The average molecular weight is 417 g/mol. The van der Waals surface area contributed by atoms with E-state index in [0.717, 1.165) is 17.5 Å². The first-order chi connectivity index (χ1) is 14.2. The van der Waals surface area contributed by atoms with E-state index < -0.39 is 12.3 Å². The molecular weight excluding hydrogens is 384 g/mol. The minimum Gasteiger partial charge on any atom is -0.434 e. The Bertz CT molecular complexity index is 885. The van der Waals surface area contributed by atoms with Gasteiger partial charge in [0, 0.05) is 10.8 Å². The van der Waals surface area contributed by atoms with Gasteiger partial charge in [0.05, 0.1) is 13.2 Å². The monoisotopic (exact) mass is 416 g/mol. The van der Waals surface area contributed by atoms with E-state index in [2.05, 4.69) is 0 Å². The molecule has 0 aliphatic rings. The van der Waals surface area contributed by atoms with Gasteiger partial charge in [-0.05, 0) is 47.9 Å².